The molecule has 0 aliphatic rings. The maximum Gasteiger partial charge on any atom is 0.312 e. The fourth-order valence-electron chi connectivity index (χ4n) is 2.10. The number of carbonyl (C=O) groups is 1. The van der Waals surface area contributed by atoms with Gasteiger partial charge in [-0.05, 0) is 29.7 Å². The summed E-state index contributed by atoms with van der Waals surface area (Å²) in [4.78, 5) is 11.2. The Labute approximate surface area is 124 Å². The van der Waals surface area contributed by atoms with Gasteiger partial charge in [0.2, 0.25) is 0 Å². The first-order valence-electron chi connectivity index (χ1n) is 6.82. The molecule has 0 aromatic heterocycles. The van der Waals surface area contributed by atoms with E-state index in [-0.39, 0.29) is 6.54 Å². The van der Waals surface area contributed by atoms with Crippen LogP contribution in [0.3, 0.4) is 0 Å². The fraction of sp³-hybridized carbons (Fsp3) is 0.235. The molecule has 110 valence electrons. The summed E-state index contributed by atoms with van der Waals surface area (Å²) in [5.74, 6) is -0.934. The second-order valence-corrected chi connectivity index (χ2v) is 4.93. The largest absolute Gasteiger partial charge is 0.489 e. The van der Waals surface area contributed by atoms with Gasteiger partial charge >= 0.3 is 5.97 Å². The molecule has 0 spiro atoms. The Morgan fingerprint density at radius 1 is 1.24 bits per heavy atom. The number of nitrogens with two attached hydrogens (primary N) is 1. The predicted molar refractivity (Wildman–Crippen MR) is 81.4 cm³/mol. The van der Waals surface area contributed by atoms with Gasteiger partial charge in [0.25, 0.3) is 0 Å². The standard InChI is InChI=1S/C17H19NO3/c1-12-7-8-14(15(10-18)17(19)20)9-16(12)21-11-13-5-3-2-4-6-13/h2-9,15H,10-11,18H2,1H3,(H,19,20). The van der Waals surface area contributed by atoms with Gasteiger partial charge in [0.05, 0.1) is 5.92 Å². The number of hydrogen-bond donors (Lipinski definition) is 2. The van der Waals surface area contributed by atoms with Crippen molar-refractivity contribution in [3.05, 3.63) is 65.2 Å². The molecule has 0 aliphatic heterocycles. The SMILES string of the molecule is Cc1ccc(C(CN)C(=O)O)cc1OCc1ccccc1. The number of carboxylic acid groups (broad SMARTS) is 1. The van der Waals surface area contributed by atoms with E-state index in [9.17, 15) is 9.90 Å². The van der Waals surface area contributed by atoms with E-state index in [0.29, 0.717) is 17.9 Å². The third kappa shape index (κ3) is 3.83. The first kappa shape index (κ1) is 15.1. The maximum absolute atomic E-state index is 11.2. The molecular formula is C17H19NO3. The van der Waals surface area contributed by atoms with Crippen molar-refractivity contribution in [1.82, 2.24) is 0 Å². The third-order valence-electron chi connectivity index (χ3n) is 3.39. The topological polar surface area (TPSA) is 72.6 Å². The molecule has 4 nitrogen and oxygen atoms in total. The van der Waals surface area contributed by atoms with Gasteiger partial charge < -0.3 is 15.6 Å². The Bertz CT molecular complexity index is 611. The molecule has 2 aromatic rings. The zero-order chi connectivity index (χ0) is 15.2. The average Bonchev–Trinajstić information content (AvgIpc) is 2.49. The lowest BCUT2D eigenvalue weighted by Crippen LogP contribution is -2.21. The Morgan fingerprint density at radius 2 is 1.95 bits per heavy atom. The number of aryl methyl sites for hydroxylation is 1. The van der Waals surface area contributed by atoms with E-state index in [1.165, 1.54) is 0 Å². The highest BCUT2D eigenvalue weighted by molar-refractivity contribution is 5.76. The van der Waals surface area contributed by atoms with Crippen LogP contribution in [-0.2, 0) is 11.4 Å². The second kappa shape index (κ2) is 6.90. The lowest BCUT2D eigenvalue weighted by atomic mass is 9.98. The van der Waals surface area contributed by atoms with Crippen LogP contribution < -0.4 is 10.5 Å². The summed E-state index contributed by atoms with van der Waals surface area (Å²) in [6.45, 7) is 2.45. The van der Waals surface area contributed by atoms with Crippen molar-refractivity contribution >= 4 is 5.97 Å². The van der Waals surface area contributed by atoms with Crippen LogP contribution >= 0.6 is 0 Å². The van der Waals surface area contributed by atoms with Crippen molar-refractivity contribution in [3.63, 3.8) is 0 Å². The summed E-state index contributed by atoms with van der Waals surface area (Å²) in [5, 5.41) is 9.17. The van der Waals surface area contributed by atoms with E-state index >= 15 is 0 Å². The number of aliphatic carboxylic acids is 1. The molecule has 2 rings (SSSR count). The highest BCUT2D eigenvalue weighted by atomic mass is 16.5. The van der Waals surface area contributed by atoms with Crippen LogP contribution in [-0.4, -0.2) is 17.6 Å². The molecule has 4 heteroatoms. The number of carboxylic acids is 1. The summed E-state index contributed by atoms with van der Waals surface area (Å²) >= 11 is 0. The van der Waals surface area contributed by atoms with Crippen molar-refractivity contribution in [3.8, 4) is 5.75 Å². The highest BCUT2D eigenvalue weighted by Crippen LogP contribution is 2.25. The predicted octanol–water partition coefficient (Wildman–Crippen LogP) is 2.70. The van der Waals surface area contributed by atoms with Crippen LogP contribution in [0, 0.1) is 6.92 Å². The molecule has 2 aromatic carbocycles. The Kier molecular flexibility index (Phi) is 4.95. The van der Waals surface area contributed by atoms with Gasteiger partial charge in [0.1, 0.15) is 12.4 Å². The monoisotopic (exact) mass is 285 g/mol. The Balaban J connectivity index is 2.17. The van der Waals surface area contributed by atoms with Crippen molar-refractivity contribution < 1.29 is 14.6 Å². The zero-order valence-electron chi connectivity index (χ0n) is 12.0. The smallest absolute Gasteiger partial charge is 0.312 e. The second-order valence-electron chi connectivity index (χ2n) is 4.93. The van der Waals surface area contributed by atoms with Crippen molar-refractivity contribution in [1.29, 1.82) is 0 Å². The van der Waals surface area contributed by atoms with Gasteiger partial charge in [-0.2, -0.15) is 0 Å². The van der Waals surface area contributed by atoms with Gasteiger partial charge in [0, 0.05) is 6.54 Å². The van der Waals surface area contributed by atoms with Gasteiger partial charge in [-0.15, -0.1) is 0 Å². The van der Waals surface area contributed by atoms with Crippen LogP contribution in [0.2, 0.25) is 0 Å². The van der Waals surface area contributed by atoms with E-state index < -0.39 is 11.9 Å². The maximum atomic E-state index is 11.2. The van der Waals surface area contributed by atoms with Crippen LogP contribution in [0.25, 0.3) is 0 Å². The van der Waals surface area contributed by atoms with Crippen molar-refractivity contribution in [2.24, 2.45) is 5.73 Å². The van der Waals surface area contributed by atoms with E-state index in [1.54, 1.807) is 12.1 Å². The van der Waals surface area contributed by atoms with Crippen LogP contribution in [0.5, 0.6) is 5.75 Å². The summed E-state index contributed by atoms with van der Waals surface area (Å²) in [7, 11) is 0. The number of rotatable bonds is 6. The number of benzene rings is 2. The Morgan fingerprint density at radius 3 is 2.57 bits per heavy atom. The van der Waals surface area contributed by atoms with Crippen molar-refractivity contribution in [2.75, 3.05) is 6.54 Å². The molecule has 0 aliphatic carbocycles. The zero-order valence-corrected chi connectivity index (χ0v) is 12.0. The molecule has 0 saturated carbocycles. The van der Waals surface area contributed by atoms with Crippen LogP contribution in [0.4, 0.5) is 0 Å². The lowest BCUT2D eigenvalue weighted by Gasteiger charge is -2.14. The summed E-state index contributed by atoms with van der Waals surface area (Å²) < 4.78 is 5.80. The molecule has 21 heavy (non-hydrogen) atoms. The number of hydrogen-bond acceptors (Lipinski definition) is 3. The van der Waals surface area contributed by atoms with Crippen molar-refractivity contribution in [2.45, 2.75) is 19.4 Å². The molecule has 0 saturated heterocycles. The molecule has 0 heterocycles. The van der Waals surface area contributed by atoms with Crippen LogP contribution in [0.15, 0.2) is 48.5 Å². The molecule has 0 bridgehead atoms. The first-order valence-corrected chi connectivity index (χ1v) is 6.82. The van der Waals surface area contributed by atoms with Gasteiger partial charge in [0.15, 0.2) is 0 Å². The minimum atomic E-state index is -0.921. The van der Waals surface area contributed by atoms with Gasteiger partial charge in [-0.1, -0.05) is 42.5 Å². The number of ether oxygens (including phenoxy) is 1. The summed E-state index contributed by atoms with van der Waals surface area (Å²) in [6, 6.07) is 15.3. The van der Waals surface area contributed by atoms with E-state index in [1.807, 2.05) is 43.3 Å². The first-order chi connectivity index (χ1) is 10.1. The van der Waals surface area contributed by atoms with Gasteiger partial charge in [-0.25, -0.2) is 0 Å². The average molecular weight is 285 g/mol. The quantitative estimate of drug-likeness (QED) is 0.856. The minimum Gasteiger partial charge on any atom is -0.489 e. The summed E-state index contributed by atoms with van der Waals surface area (Å²) in [5.41, 5.74) is 8.24. The molecule has 1 atom stereocenters. The minimum absolute atomic E-state index is 0.0660. The lowest BCUT2D eigenvalue weighted by molar-refractivity contribution is -0.138. The summed E-state index contributed by atoms with van der Waals surface area (Å²) in [6.07, 6.45) is 0. The highest BCUT2D eigenvalue weighted by Gasteiger charge is 2.19. The van der Waals surface area contributed by atoms with E-state index in [4.69, 9.17) is 10.5 Å². The molecule has 1 unspecified atom stereocenters. The third-order valence-corrected chi connectivity index (χ3v) is 3.39. The van der Waals surface area contributed by atoms with E-state index in [0.717, 1.165) is 11.1 Å². The molecule has 0 fully saturated rings. The fourth-order valence-corrected chi connectivity index (χ4v) is 2.10. The Hall–Kier alpha value is -2.33. The van der Waals surface area contributed by atoms with E-state index in [2.05, 4.69) is 0 Å². The van der Waals surface area contributed by atoms with Gasteiger partial charge in [-0.3, -0.25) is 4.79 Å². The van der Waals surface area contributed by atoms with Crippen LogP contribution in [0.1, 0.15) is 22.6 Å². The molecule has 0 amide bonds. The normalized spacial score (nSPS) is 11.9. The molecule has 3 N–H and O–H groups in total. The molecular weight excluding hydrogens is 266 g/mol. The molecule has 0 radical (unpaired) electrons.